The van der Waals surface area contributed by atoms with Crippen molar-refractivity contribution in [1.82, 2.24) is 0 Å². The zero-order valence-electron chi connectivity index (χ0n) is 22.2. The predicted molar refractivity (Wildman–Crippen MR) is 147 cm³/mol. The number of rotatable bonds is 8. The van der Waals surface area contributed by atoms with Crippen LogP contribution in [0.1, 0.15) is 82.2 Å². The van der Waals surface area contributed by atoms with Gasteiger partial charge in [-0.25, -0.2) is 0 Å². The molecule has 2 nitrogen and oxygen atoms in total. The molecule has 0 bridgehead atoms. The summed E-state index contributed by atoms with van der Waals surface area (Å²) in [5, 5.41) is 10.2. The van der Waals surface area contributed by atoms with Crippen LogP contribution in [-0.2, 0) is 18.4 Å². The van der Waals surface area contributed by atoms with Crippen molar-refractivity contribution in [3.8, 4) is 17.6 Å². The molecule has 1 unspecified atom stereocenters. The fourth-order valence-electron chi connectivity index (χ4n) is 4.50. The van der Waals surface area contributed by atoms with Crippen LogP contribution in [0.2, 0.25) is 0 Å². The number of aliphatic hydroxyl groups is 1. The van der Waals surface area contributed by atoms with Crippen LogP contribution >= 0.6 is 0 Å². The van der Waals surface area contributed by atoms with Gasteiger partial charge in [0, 0.05) is 11.0 Å². The zero-order valence-corrected chi connectivity index (χ0v) is 22.2. The number of ether oxygens (including phenoxy) is 1. The Hall–Kier alpha value is -3.02. The number of aryl methyl sites for hydroxylation is 1. The van der Waals surface area contributed by atoms with E-state index in [9.17, 15) is 5.11 Å². The summed E-state index contributed by atoms with van der Waals surface area (Å²) in [4.78, 5) is 0. The summed E-state index contributed by atoms with van der Waals surface area (Å²) in [6.07, 6.45) is 2.28. The van der Waals surface area contributed by atoms with E-state index in [1.54, 1.807) is 0 Å². The molecule has 0 heterocycles. The Labute approximate surface area is 212 Å². The maximum atomic E-state index is 10.2. The molecule has 0 saturated heterocycles. The number of hydrogen-bond donors (Lipinski definition) is 1. The first-order chi connectivity index (χ1) is 16.7. The third-order valence-electron chi connectivity index (χ3n) is 7.05. The van der Waals surface area contributed by atoms with Crippen molar-refractivity contribution in [2.24, 2.45) is 5.41 Å². The van der Waals surface area contributed by atoms with E-state index < -0.39 is 6.10 Å². The third-order valence-corrected chi connectivity index (χ3v) is 7.05. The van der Waals surface area contributed by atoms with Crippen LogP contribution in [-0.4, -0.2) is 11.2 Å². The van der Waals surface area contributed by atoms with Gasteiger partial charge in [0.25, 0.3) is 0 Å². The number of benzene rings is 3. The minimum atomic E-state index is -0.650. The summed E-state index contributed by atoms with van der Waals surface area (Å²) in [6.45, 7) is 13.3. The van der Waals surface area contributed by atoms with Gasteiger partial charge in [-0.2, -0.15) is 0 Å². The molecule has 184 valence electrons. The molecule has 35 heavy (non-hydrogen) atoms. The summed E-state index contributed by atoms with van der Waals surface area (Å²) in [7, 11) is 0. The second kappa shape index (κ2) is 11.6. The Morgan fingerprint density at radius 1 is 0.829 bits per heavy atom. The molecular weight excluding hydrogens is 428 g/mol. The standard InChI is InChI=1S/C33H40O2/c1-7-27-23-29(20-21-30(27)35-24-26-13-11-10-12-14-26)33(8-2,9-3)28-18-15-25(16-19-28)17-22-31(34)32(4,5)6/h10-16,18-21,23,31,34H,7-9,24H2,1-6H3. The van der Waals surface area contributed by atoms with Crippen molar-refractivity contribution in [2.75, 3.05) is 0 Å². The van der Waals surface area contributed by atoms with E-state index in [-0.39, 0.29) is 10.8 Å². The average Bonchev–Trinajstić information content (AvgIpc) is 2.88. The smallest absolute Gasteiger partial charge is 0.123 e. The topological polar surface area (TPSA) is 29.5 Å². The molecule has 0 spiro atoms. The Morgan fingerprint density at radius 2 is 1.46 bits per heavy atom. The molecule has 0 amide bonds. The Bertz CT molecular complexity index is 1140. The van der Waals surface area contributed by atoms with E-state index in [4.69, 9.17) is 4.74 Å². The molecule has 2 heteroatoms. The predicted octanol–water partition coefficient (Wildman–Crippen LogP) is 7.69. The summed E-state index contributed by atoms with van der Waals surface area (Å²) in [5.41, 5.74) is 5.64. The first-order valence-corrected chi connectivity index (χ1v) is 12.8. The van der Waals surface area contributed by atoms with E-state index in [0.29, 0.717) is 6.61 Å². The van der Waals surface area contributed by atoms with E-state index >= 15 is 0 Å². The van der Waals surface area contributed by atoms with E-state index in [1.165, 1.54) is 22.3 Å². The molecule has 3 aromatic rings. The molecule has 3 aromatic carbocycles. The fourth-order valence-corrected chi connectivity index (χ4v) is 4.50. The minimum Gasteiger partial charge on any atom is -0.489 e. The maximum Gasteiger partial charge on any atom is 0.123 e. The summed E-state index contributed by atoms with van der Waals surface area (Å²) >= 11 is 0. The SMILES string of the molecule is CCc1cc(C(CC)(CC)c2ccc(C#CC(O)C(C)(C)C)cc2)ccc1OCc1ccccc1. The Balaban J connectivity index is 1.88. The second-order valence-electron chi connectivity index (χ2n) is 10.4. The van der Waals surface area contributed by atoms with E-state index in [2.05, 4.69) is 87.2 Å². The van der Waals surface area contributed by atoms with Gasteiger partial charge in [-0.15, -0.1) is 0 Å². The van der Waals surface area contributed by atoms with Crippen molar-refractivity contribution in [3.63, 3.8) is 0 Å². The van der Waals surface area contributed by atoms with E-state index in [1.807, 2.05) is 39.0 Å². The molecular formula is C33H40O2. The zero-order chi connectivity index (χ0) is 25.5. The van der Waals surface area contributed by atoms with Gasteiger partial charge in [0.1, 0.15) is 18.5 Å². The van der Waals surface area contributed by atoms with Crippen molar-refractivity contribution < 1.29 is 9.84 Å². The van der Waals surface area contributed by atoms with Gasteiger partial charge in [-0.05, 0) is 65.1 Å². The molecule has 1 N–H and O–H groups in total. The van der Waals surface area contributed by atoms with Gasteiger partial charge in [0.2, 0.25) is 0 Å². The van der Waals surface area contributed by atoms with Crippen LogP contribution in [0.5, 0.6) is 5.75 Å². The van der Waals surface area contributed by atoms with Crippen LogP contribution in [0.25, 0.3) is 0 Å². The van der Waals surface area contributed by atoms with Crippen molar-refractivity contribution in [3.05, 3.63) is 101 Å². The van der Waals surface area contributed by atoms with Gasteiger partial charge in [0.05, 0.1) is 0 Å². The lowest BCUT2D eigenvalue weighted by Crippen LogP contribution is -2.26. The van der Waals surface area contributed by atoms with Gasteiger partial charge in [-0.1, -0.05) is 108 Å². The van der Waals surface area contributed by atoms with Crippen molar-refractivity contribution in [2.45, 2.75) is 78.9 Å². The lowest BCUT2D eigenvalue weighted by atomic mass is 9.70. The molecule has 0 fully saturated rings. The molecule has 0 radical (unpaired) electrons. The first-order valence-electron chi connectivity index (χ1n) is 12.8. The molecule has 0 aliphatic rings. The van der Waals surface area contributed by atoms with Crippen LogP contribution in [0.4, 0.5) is 0 Å². The highest BCUT2D eigenvalue weighted by Crippen LogP contribution is 2.40. The number of aliphatic hydroxyl groups excluding tert-OH is 1. The van der Waals surface area contributed by atoms with Crippen LogP contribution in [0.15, 0.2) is 72.8 Å². The largest absolute Gasteiger partial charge is 0.489 e. The quantitative estimate of drug-likeness (QED) is 0.343. The lowest BCUT2D eigenvalue weighted by molar-refractivity contribution is 0.114. The highest BCUT2D eigenvalue weighted by atomic mass is 16.5. The van der Waals surface area contributed by atoms with Crippen molar-refractivity contribution in [1.29, 1.82) is 0 Å². The van der Waals surface area contributed by atoms with Gasteiger partial charge >= 0.3 is 0 Å². The highest BCUT2D eigenvalue weighted by molar-refractivity contribution is 5.47. The molecule has 0 saturated carbocycles. The summed E-state index contributed by atoms with van der Waals surface area (Å²) < 4.78 is 6.20. The molecule has 0 aromatic heterocycles. The van der Waals surface area contributed by atoms with Crippen LogP contribution in [0, 0.1) is 17.3 Å². The normalized spacial score (nSPS) is 12.5. The average molecular weight is 469 g/mol. The van der Waals surface area contributed by atoms with Crippen LogP contribution < -0.4 is 4.74 Å². The number of hydrogen-bond acceptors (Lipinski definition) is 2. The third kappa shape index (κ3) is 6.36. The molecule has 0 aliphatic carbocycles. The lowest BCUT2D eigenvalue weighted by Gasteiger charge is -2.34. The molecule has 3 rings (SSSR count). The Morgan fingerprint density at radius 3 is 2.03 bits per heavy atom. The summed E-state index contributed by atoms with van der Waals surface area (Å²) in [6, 6.07) is 25.6. The molecule has 0 aliphatic heterocycles. The van der Waals surface area contributed by atoms with Gasteiger partial charge in [-0.3, -0.25) is 0 Å². The monoisotopic (exact) mass is 468 g/mol. The maximum absolute atomic E-state index is 10.2. The van der Waals surface area contributed by atoms with Gasteiger partial charge in [0.15, 0.2) is 0 Å². The van der Waals surface area contributed by atoms with Gasteiger partial charge < -0.3 is 9.84 Å². The summed E-state index contributed by atoms with van der Waals surface area (Å²) in [5.74, 6) is 7.10. The fraction of sp³-hybridized carbons (Fsp3) is 0.394. The first kappa shape index (κ1) is 26.6. The van der Waals surface area contributed by atoms with Crippen molar-refractivity contribution >= 4 is 0 Å². The van der Waals surface area contributed by atoms with E-state index in [0.717, 1.165) is 30.6 Å². The second-order valence-corrected chi connectivity index (χ2v) is 10.4. The Kier molecular flexibility index (Phi) is 8.82. The molecule has 1 atom stereocenters. The highest BCUT2D eigenvalue weighted by Gasteiger charge is 2.31. The minimum absolute atomic E-state index is 0.0707. The van der Waals surface area contributed by atoms with Crippen LogP contribution in [0.3, 0.4) is 0 Å².